The third-order valence-corrected chi connectivity index (χ3v) is 3.17. The van der Waals surface area contributed by atoms with Crippen molar-refractivity contribution >= 4 is 10.8 Å². The first kappa shape index (κ1) is 11.5. The van der Waals surface area contributed by atoms with Gasteiger partial charge in [0.1, 0.15) is 0 Å². The lowest BCUT2D eigenvalue weighted by molar-refractivity contribution is 0.444. The first-order valence-corrected chi connectivity index (χ1v) is 5.98. The van der Waals surface area contributed by atoms with Crippen LogP contribution in [0.25, 0.3) is 10.8 Å². The Morgan fingerprint density at radius 3 is 2.74 bits per heavy atom. The van der Waals surface area contributed by atoms with Crippen LogP contribution in [0.15, 0.2) is 53.6 Å². The number of nitrogens with zero attached hydrogens (tertiary/aromatic N) is 1. The van der Waals surface area contributed by atoms with Crippen molar-refractivity contribution in [2.24, 2.45) is 0 Å². The number of rotatable bonds is 2. The van der Waals surface area contributed by atoms with E-state index in [2.05, 4.69) is 9.97 Å². The summed E-state index contributed by atoms with van der Waals surface area (Å²) in [5.74, 6) is -0.211. The van der Waals surface area contributed by atoms with E-state index in [1.165, 1.54) is 6.33 Å². The fourth-order valence-electron chi connectivity index (χ4n) is 2.22. The molecule has 0 bridgehead atoms. The Hall–Kier alpha value is -2.62. The van der Waals surface area contributed by atoms with E-state index in [9.17, 15) is 9.90 Å². The molecule has 3 rings (SSSR count). The third-order valence-electron chi connectivity index (χ3n) is 3.17. The van der Waals surface area contributed by atoms with Gasteiger partial charge in [-0.15, -0.1) is 0 Å². The molecule has 0 saturated heterocycles. The number of H-pyrrole nitrogens is 1. The normalized spacial score (nSPS) is 10.7. The molecule has 0 unspecified atom stereocenters. The molecule has 3 aromatic rings. The van der Waals surface area contributed by atoms with Gasteiger partial charge in [-0.05, 0) is 16.3 Å². The second kappa shape index (κ2) is 4.57. The number of hydrogen-bond acceptors (Lipinski definition) is 3. The first-order chi connectivity index (χ1) is 9.25. The average molecular weight is 252 g/mol. The maximum Gasteiger partial charge on any atom is 0.258 e. The summed E-state index contributed by atoms with van der Waals surface area (Å²) in [6.45, 7) is 0. The third kappa shape index (κ3) is 2.08. The number of nitrogens with one attached hydrogen (secondary N) is 1. The topological polar surface area (TPSA) is 66.0 Å². The molecule has 2 N–H and O–H groups in total. The molecule has 94 valence electrons. The Bertz CT molecular complexity index is 788. The Morgan fingerprint density at radius 1 is 1.11 bits per heavy atom. The van der Waals surface area contributed by atoms with Crippen LogP contribution in [0.2, 0.25) is 0 Å². The van der Waals surface area contributed by atoms with Crippen LogP contribution in [0.4, 0.5) is 0 Å². The molecule has 0 aliphatic carbocycles. The van der Waals surface area contributed by atoms with Gasteiger partial charge < -0.3 is 10.1 Å². The van der Waals surface area contributed by atoms with Gasteiger partial charge >= 0.3 is 0 Å². The highest BCUT2D eigenvalue weighted by Crippen LogP contribution is 2.22. The Kier molecular flexibility index (Phi) is 2.76. The largest absolute Gasteiger partial charge is 0.493 e. The summed E-state index contributed by atoms with van der Waals surface area (Å²) in [4.78, 5) is 17.9. The predicted octanol–water partition coefficient (Wildman–Crippen LogP) is 2.22. The van der Waals surface area contributed by atoms with E-state index in [4.69, 9.17) is 0 Å². The minimum absolute atomic E-state index is 0.211. The van der Waals surface area contributed by atoms with Gasteiger partial charge in [-0.3, -0.25) is 4.79 Å². The number of aromatic amines is 1. The lowest BCUT2D eigenvalue weighted by Gasteiger charge is -2.06. The van der Waals surface area contributed by atoms with E-state index >= 15 is 0 Å². The summed E-state index contributed by atoms with van der Waals surface area (Å²) in [5, 5.41) is 11.9. The van der Waals surface area contributed by atoms with Crippen molar-refractivity contribution in [3.05, 3.63) is 70.3 Å². The van der Waals surface area contributed by atoms with E-state index < -0.39 is 0 Å². The number of benzene rings is 2. The standard InChI is InChI=1S/C15H12N2O2/c18-14-13(15(19)17-9-16-14)8-11-6-3-5-10-4-1-2-7-12(10)11/h1-7,9H,8H2,(H2,16,17,18,19). The van der Waals surface area contributed by atoms with Gasteiger partial charge in [0.05, 0.1) is 11.9 Å². The predicted molar refractivity (Wildman–Crippen MR) is 73.3 cm³/mol. The van der Waals surface area contributed by atoms with Crippen LogP contribution in [0.1, 0.15) is 11.1 Å². The summed E-state index contributed by atoms with van der Waals surface area (Å²) in [6, 6.07) is 13.9. The SMILES string of the molecule is O=c1[nH]cnc(O)c1Cc1cccc2ccccc12. The van der Waals surface area contributed by atoms with Gasteiger partial charge in [0, 0.05) is 6.42 Å². The van der Waals surface area contributed by atoms with Crippen molar-refractivity contribution in [2.45, 2.75) is 6.42 Å². The van der Waals surface area contributed by atoms with E-state index in [0.717, 1.165) is 16.3 Å². The molecule has 2 aromatic carbocycles. The highest BCUT2D eigenvalue weighted by atomic mass is 16.3. The molecule has 1 aromatic heterocycles. The van der Waals surface area contributed by atoms with Crippen LogP contribution < -0.4 is 5.56 Å². The monoisotopic (exact) mass is 252 g/mol. The Labute approximate surface area is 109 Å². The first-order valence-electron chi connectivity index (χ1n) is 5.98. The molecule has 4 heteroatoms. The molecule has 0 atom stereocenters. The zero-order chi connectivity index (χ0) is 13.2. The van der Waals surface area contributed by atoms with E-state index in [1.54, 1.807) is 0 Å². The molecule has 0 spiro atoms. The zero-order valence-electron chi connectivity index (χ0n) is 10.1. The zero-order valence-corrected chi connectivity index (χ0v) is 10.1. The molecule has 0 amide bonds. The van der Waals surface area contributed by atoms with Crippen molar-refractivity contribution in [2.75, 3.05) is 0 Å². The Morgan fingerprint density at radius 2 is 1.89 bits per heavy atom. The van der Waals surface area contributed by atoms with Crippen LogP contribution in [-0.4, -0.2) is 15.1 Å². The number of fused-ring (bicyclic) bond motifs is 1. The van der Waals surface area contributed by atoms with Gasteiger partial charge in [0.2, 0.25) is 5.88 Å². The van der Waals surface area contributed by atoms with Crippen molar-refractivity contribution in [3.63, 3.8) is 0 Å². The molecule has 19 heavy (non-hydrogen) atoms. The van der Waals surface area contributed by atoms with Crippen LogP contribution in [0, 0.1) is 0 Å². The molecular formula is C15H12N2O2. The molecule has 0 aliphatic rings. The highest BCUT2D eigenvalue weighted by molar-refractivity contribution is 5.85. The van der Waals surface area contributed by atoms with Crippen LogP contribution in [0.5, 0.6) is 5.88 Å². The van der Waals surface area contributed by atoms with Crippen LogP contribution in [0.3, 0.4) is 0 Å². The van der Waals surface area contributed by atoms with Gasteiger partial charge in [0.15, 0.2) is 0 Å². The molecular weight excluding hydrogens is 240 g/mol. The smallest absolute Gasteiger partial charge is 0.258 e. The summed E-state index contributed by atoms with van der Waals surface area (Å²) in [7, 11) is 0. The highest BCUT2D eigenvalue weighted by Gasteiger charge is 2.10. The molecule has 0 radical (unpaired) electrons. The summed E-state index contributed by atoms with van der Waals surface area (Å²) < 4.78 is 0. The van der Waals surface area contributed by atoms with Crippen LogP contribution >= 0.6 is 0 Å². The fraction of sp³-hybridized carbons (Fsp3) is 0.0667. The molecule has 0 saturated carbocycles. The Balaban J connectivity index is 2.14. The fourth-order valence-corrected chi connectivity index (χ4v) is 2.22. The molecule has 0 aliphatic heterocycles. The van der Waals surface area contributed by atoms with Gasteiger partial charge in [-0.2, -0.15) is 0 Å². The quantitative estimate of drug-likeness (QED) is 0.735. The summed E-state index contributed by atoms with van der Waals surface area (Å²) in [6.07, 6.45) is 1.56. The van der Waals surface area contributed by atoms with E-state index in [0.29, 0.717) is 12.0 Å². The second-order valence-corrected chi connectivity index (χ2v) is 4.35. The van der Waals surface area contributed by atoms with E-state index in [-0.39, 0.29) is 11.4 Å². The second-order valence-electron chi connectivity index (χ2n) is 4.35. The maximum atomic E-state index is 11.7. The summed E-state index contributed by atoms with van der Waals surface area (Å²) in [5.41, 5.74) is 0.978. The van der Waals surface area contributed by atoms with Crippen molar-refractivity contribution in [1.82, 2.24) is 9.97 Å². The van der Waals surface area contributed by atoms with Gasteiger partial charge in [-0.25, -0.2) is 4.98 Å². The lowest BCUT2D eigenvalue weighted by atomic mass is 9.99. The lowest BCUT2D eigenvalue weighted by Crippen LogP contribution is -2.13. The molecule has 4 nitrogen and oxygen atoms in total. The number of aromatic hydroxyl groups is 1. The van der Waals surface area contributed by atoms with Crippen molar-refractivity contribution in [1.29, 1.82) is 0 Å². The van der Waals surface area contributed by atoms with Gasteiger partial charge in [0.25, 0.3) is 5.56 Å². The number of hydrogen-bond donors (Lipinski definition) is 2. The molecule has 0 fully saturated rings. The van der Waals surface area contributed by atoms with Crippen molar-refractivity contribution in [3.8, 4) is 5.88 Å². The van der Waals surface area contributed by atoms with Gasteiger partial charge in [-0.1, -0.05) is 42.5 Å². The maximum absolute atomic E-state index is 11.7. The van der Waals surface area contributed by atoms with Crippen molar-refractivity contribution < 1.29 is 5.11 Å². The number of aromatic nitrogens is 2. The average Bonchev–Trinajstić information content (AvgIpc) is 2.43. The minimum atomic E-state index is -0.305. The summed E-state index contributed by atoms with van der Waals surface area (Å²) >= 11 is 0. The van der Waals surface area contributed by atoms with Crippen LogP contribution in [-0.2, 0) is 6.42 Å². The van der Waals surface area contributed by atoms with E-state index in [1.807, 2.05) is 42.5 Å². The molecule has 1 heterocycles. The minimum Gasteiger partial charge on any atom is -0.493 e.